The minimum Gasteiger partial charge on any atom is -0.464 e. The number of aryl methyl sites for hydroxylation is 1. The van der Waals surface area contributed by atoms with Crippen LogP contribution in [0.2, 0.25) is 0 Å². The molecule has 1 saturated heterocycles. The van der Waals surface area contributed by atoms with E-state index in [4.69, 9.17) is 9.15 Å². The first kappa shape index (κ1) is 11.7. The van der Waals surface area contributed by atoms with Gasteiger partial charge in [0.15, 0.2) is 0 Å². The fourth-order valence-corrected chi connectivity index (χ4v) is 2.19. The van der Waals surface area contributed by atoms with Crippen LogP contribution in [0.25, 0.3) is 0 Å². The van der Waals surface area contributed by atoms with Crippen molar-refractivity contribution in [1.29, 1.82) is 0 Å². The average molecular weight is 223 g/mol. The monoisotopic (exact) mass is 223 g/mol. The number of nitrogens with one attached hydrogen (secondary N) is 1. The van der Waals surface area contributed by atoms with Gasteiger partial charge in [0.25, 0.3) is 0 Å². The van der Waals surface area contributed by atoms with E-state index in [1.165, 1.54) is 0 Å². The zero-order chi connectivity index (χ0) is 11.6. The van der Waals surface area contributed by atoms with Gasteiger partial charge in [-0.3, -0.25) is 5.32 Å². The van der Waals surface area contributed by atoms with E-state index in [0.29, 0.717) is 0 Å². The lowest BCUT2D eigenvalue weighted by Crippen LogP contribution is -2.44. The molecule has 0 amide bonds. The van der Waals surface area contributed by atoms with Crippen LogP contribution in [0.15, 0.2) is 16.5 Å². The molecule has 0 unspecified atom stereocenters. The predicted molar refractivity (Wildman–Crippen MR) is 63.5 cm³/mol. The molecule has 2 atom stereocenters. The molecule has 90 valence electrons. The SMILES string of the molecule is CCc1ccc([C@@H](C)N[C@@]2(C)CCOC2)o1. The third-order valence-electron chi connectivity index (χ3n) is 3.24. The van der Waals surface area contributed by atoms with Crippen LogP contribution in [0.3, 0.4) is 0 Å². The quantitative estimate of drug-likeness (QED) is 0.852. The summed E-state index contributed by atoms with van der Waals surface area (Å²) >= 11 is 0. The molecule has 0 spiro atoms. The highest BCUT2D eigenvalue weighted by molar-refractivity contribution is 5.11. The lowest BCUT2D eigenvalue weighted by atomic mass is 10.00. The molecular formula is C13H21NO2. The Hall–Kier alpha value is -0.800. The lowest BCUT2D eigenvalue weighted by molar-refractivity contribution is 0.165. The molecule has 2 heterocycles. The van der Waals surface area contributed by atoms with Crippen LogP contribution in [-0.4, -0.2) is 18.8 Å². The van der Waals surface area contributed by atoms with E-state index in [9.17, 15) is 0 Å². The van der Waals surface area contributed by atoms with E-state index in [2.05, 4.69) is 38.2 Å². The first-order valence-corrected chi connectivity index (χ1v) is 6.07. The zero-order valence-corrected chi connectivity index (χ0v) is 10.4. The van der Waals surface area contributed by atoms with Crippen molar-refractivity contribution in [2.45, 2.75) is 45.2 Å². The fraction of sp³-hybridized carbons (Fsp3) is 0.692. The topological polar surface area (TPSA) is 34.4 Å². The maximum Gasteiger partial charge on any atom is 0.120 e. The van der Waals surface area contributed by atoms with Gasteiger partial charge in [0.2, 0.25) is 0 Å². The van der Waals surface area contributed by atoms with Crippen molar-refractivity contribution in [3.63, 3.8) is 0 Å². The molecular weight excluding hydrogens is 202 g/mol. The Kier molecular flexibility index (Phi) is 3.36. The van der Waals surface area contributed by atoms with E-state index in [1.807, 2.05) is 0 Å². The summed E-state index contributed by atoms with van der Waals surface area (Å²) in [6, 6.07) is 4.36. The summed E-state index contributed by atoms with van der Waals surface area (Å²) in [5.74, 6) is 2.07. The van der Waals surface area contributed by atoms with Crippen molar-refractivity contribution in [3.05, 3.63) is 23.7 Å². The van der Waals surface area contributed by atoms with E-state index in [0.717, 1.165) is 37.6 Å². The van der Waals surface area contributed by atoms with Gasteiger partial charge >= 0.3 is 0 Å². The highest BCUT2D eigenvalue weighted by Crippen LogP contribution is 2.24. The molecule has 1 fully saturated rings. The maximum absolute atomic E-state index is 5.75. The molecule has 1 aromatic heterocycles. The molecule has 0 aromatic carbocycles. The lowest BCUT2D eigenvalue weighted by Gasteiger charge is -2.27. The van der Waals surface area contributed by atoms with Crippen molar-refractivity contribution in [2.24, 2.45) is 0 Å². The van der Waals surface area contributed by atoms with Crippen LogP contribution in [0.5, 0.6) is 0 Å². The van der Waals surface area contributed by atoms with Crippen LogP contribution < -0.4 is 5.32 Å². The molecule has 0 saturated carbocycles. The van der Waals surface area contributed by atoms with Gasteiger partial charge in [0.05, 0.1) is 12.6 Å². The van der Waals surface area contributed by atoms with Crippen molar-refractivity contribution >= 4 is 0 Å². The molecule has 0 radical (unpaired) electrons. The molecule has 16 heavy (non-hydrogen) atoms. The number of hydrogen-bond acceptors (Lipinski definition) is 3. The molecule has 1 N–H and O–H groups in total. The van der Waals surface area contributed by atoms with Crippen molar-refractivity contribution < 1.29 is 9.15 Å². The second kappa shape index (κ2) is 4.60. The summed E-state index contributed by atoms with van der Waals surface area (Å²) in [6.07, 6.45) is 2.02. The van der Waals surface area contributed by atoms with E-state index >= 15 is 0 Å². The Bertz CT molecular complexity index is 339. The number of furan rings is 1. The van der Waals surface area contributed by atoms with Crippen LogP contribution in [0, 0.1) is 0 Å². The minimum atomic E-state index is 0.0958. The number of ether oxygens (including phenoxy) is 1. The predicted octanol–water partition coefficient (Wildman–Crippen LogP) is 2.67. The molecule has 3 nitrogen and oxygen atoms in total. The van der Waals surface area contributed by atoms with E-state index < -0.39 is 0 Å². The average Bonchev–Trinajstić information content (AvgIpc) is 2.86. The summed E-state index contributed by atoms with van der Waals surface area (Å²) in [6.45, 7) is 8.10. The van der Waals surface area contributed by atoms with Crippen LogP contribution in [0.4, 0.5) is 0 Å². The first-order valence-electron chi connectivity index (χ1n) is 6.07. The summed E-state index contributed by atoms with van der Waals surface area (Å²) in [4.78, 5) is 0. The van der Waals surface area contributed by atoms with Gasteiger partial charge in [-0.2, -0.15) is 0 Å². The van der Waals surface area contributed by atoms with Gasteiger partial charge in [0, 0.05) is 18.6 Å². The van der Waals surface area contributed by atoms with Gasteiger partial charge in [-0.05, 0) is 32.4 Å². The summed E-state index contributed by atoms with van der Waals surface area (Å²) in [7, 11) is 0. The maximum atomic E-state index is 5.75. The Morgan fingerprint density at radius 1 is 1.50 bits per heavy atom. The van der Waals surface area contributed by atoms with Crippen LogP contribution >= 0.6 is 0 Å². The van der Waals surface area contributed by atoms with Gasteiger partial charge in [-0.1, -0.05) is 6.92 Å². The molecule has 1 aromatic rings. The first-order chi connectivity index (χ1) is 7.63. The fourth-order valence-electron chi connectivity index (χ4n) is 2.19. The Balaban J connectivity index is 1.99. The van der Waals surface area contributed by atoms with Gasteiger partial charge in [-0.25, -0.2) is 0 Å². The molecule has 3 heteroatoms. The van der Waals surface area contributed by atoms with Gasteiger partial charge in [0.1, 0.15) is 11.5 Å². The van der Waals surface area contributed by atoms with Gasteiger partial charge in [-0.15, -0.1) is 0 Å². The minimum absolute atomic E-state index is 0.0958. The molecule has 1 aliphatic heterocycles. The second-order valence-corrected chi connectivity index (χ2v) is 4.89. The molecule has 0 aliphatic carbocycles. The van der Waals surface area contributed by atoms with E-state index in [1.54, 1.807) is 0 Å². The highest BCUT2D eigenvalue weighted by Gasteiger charge is 2.31. The Morgan fingerprint density at radius 2 is 2.31 bits per heavy atom. The zero-order valence-electron chi connectivity index (χ0n) is 10.4. The van der Waals surface area contributed by atoms with Gasteiger partial charge < -0.3 is 9.15 Å². The Morgan fingerprint density at radius 3 is 2.88 bits per heavy atom. The second-order valence-electron chi connectivity index (χ2n) is 4.89. The third-order valence-corrected chi connectivity index (χ3v) is 3.24. The van der Waals surface area contributed by atoms with Crippen molar-refractivity contribution in [2.75, 3.05) is 13.2 Å². The molecule has 1 aliphatic rings. The van der Waals surface area contributed by atoms with Crippen LogP contribution in [0.1, 0.15) is 44.8 Å². The number of hydrogen-bond donors (Lipinski definition) is 1. The number of rotatable bonds is 4. The summed E-state index contributed by atoms with van der Waals surface area (Å²) in [5.41, 5.74) is 0.0958. The Labute approximate surface area is 97.2 Å². The highest BCUT2D eigenvalue weighted by atomic mass is 16.5. The third kappa shape index (κ3) is 2.47. The normalized spacial score (nSPS) is 27.2. The molecule has 2 rings (SSSR count). The van der Waals surface area contributed by atoms with E-state index in [-0.39, 0.29) is 11.6 Å². The molecule has 0 bridgehead atoms. The smallest absolute Gasteiger partial charge is 0.120 e. The van der Waals surface area contributed by atoms with Crippen LogP contribution in [-0.2, 0) is 11.2 Å². The summed E-state index contributed by atoms with van der Waals surface area (Å²) < 4.78 is 11.2. The van der Waals surface area contributed by atoms with Crippen molar-refractivity contribution in [3.8, 4) is 0 Å². The largest absolute Gasteiger partial charge is 0.464 e. The van der Waals surface area contributed by atoms with Crippen molar-refractivity contribution in [1.82, 2.24) is 5.32 Å². The summed E-state index contributed by atoms with van der Waals surface area (Å²) in [5, 5.41) is 3.59. The standard InChI is InChI=1S/C13H21NO2/c1-4-11-5-6-12(16-11)10(2)14-13(3)7-8-15-9-13/h5-6,10,14H,4,7-9H2,1-3H3/t10-,13+/m1/s1.